The van der Waals surface area contributed by atoms with E-state index in [1.807, 2.05) is 26.8 Å². The van der Waals surface area contributed by atoms with Crippen LogP contribution >= 0.6 is 11.6 Å². The molecule has 0 bridgehead atoms. The molecule has 0 atom stereocenters. The maximum absolute atomic E-state index is 12.6. The number of nitrogens with zero attached hydrogens (tertiary/aromatic N) is 1. The summed E-state index contributed by atoms with van der Waals surface area (Å²) in [6, 6.07) is 5.55. The first-order valence-electron chi connectivity index (χ1n) is 7.06. The molecule has 1 rings (SSSR count). The zero-order valence-electron chi connectivity index (χ0n) is 12.6. The van der Waals surface area contributed by atoms with Gasteiger partial charge in [0.1, 0.15) is 6.54 Å². The molecule has 21 heavy (non-hydrogen) atoms. The van der Waals surface area contributed by atoms with E-state index in [-0.39, 0.29) is 0 Å². The number of alkyl halides is 3. The first kappa shape index (κ1) is 18.1. The van der Waals surface area contributed by atoms with Crippen molar-refractivity contribution in [2.75, 3.05) is 18.0 Å². The zero-order valence-corrected chi connectivity index (χ0v) is 13.4. The highest BCUT2D eigenvalue weighted by Crippen LogP contribution is 2.30. The van der Waals surface area contributed by atoms with E-state index in [0.717, 1.165) is 5.56 Å². The second-order valence-electron chi connectivity index (χ2n) is 5.36. The van der Waals surface area contributed by atoms with E-state index in [1.54, 1.807) is 12.1 Å². The van der Waals surface area contributed by atoms with Gasteiger partial charge in [-0.3, -0.25) is 0 Å². The van der Waals surface area contributed by atoms with Crippen LogP contribution in [0.25, 0.3) is 0 Å². The standard InChI is InChI=1S/C15H22ClF3N2/c1-4-7-21(10-15(17,18)19)14-6-5-12(8-13(14)16)9-20-11(2)3/h5-6,8,11,20H,4,7,9-10H2,1-3H3. The summed E-state index contributed by atoms with van der Waals surface area (Å²) in [5.41, 5.74) is 1.39. The lowest BCUT2D eigenvalue weighted by Crippen LogP contribution is -2.35. The Labute approximate surface area is 129 Å². The number of hydrogen-bond donors (Lipinski definition) is 1. The lowest BCUT2D eigenvalue weighted by molar-refractivity contribution is -0.119. The molecular weight excluding hydrogens is 301 g/mol. The van der Waals surface area contributed by atoms with Crippen LogP contribution in [-0.4, -0.2) is 25.3 Å². The van der Waals surface area contributed by atoms with Gasteiger partial charge in [0.05, 0.1) is 10.7 Å². The molecule has 0 fully saturated rings. The van der Waals surface area contributed by atoms with Crippen LogP contribution in [-0.2, 0) is 6.54 Å². The van der Waals surface area contributed by atoms with Crippen molar-refractivity contribution in [3.63, 3.8) is 0 Å². The first-order chi connectivity index (χ1) is 9.73. The fourth-order valence-electron chi connectivity index (χ4n) is 2.01. The Morgan fingerprint density at radius 3 is 2.43 bits per heavy atom. The van der Waals surface area contributed by atoms with E-state index in [1.165, 1.54) is 4.90 Å². The zero-order chi connectivity index (χ0) is 16.0. The molecule has 0 aliphatic carbocycles. The maximum Gasteiger partial charge on any atom is 0.405 e. The third-order valence-electron chi connectivity index (χ3n) is 2.93. The van der Waals surface area contributed by atoms with Gasteiger partial charge in [-0.05, 0) is 24.1 Å². The molecule has 0 aliphatic heterocycles. The van der Waals surface area contributed by atoms with E-state index in [9.17, 15) is 13.2 Å². The normalized spacial score (nSPS) is 12.0. The molecule has 6 heteroatoms. The van der Waals surface area contributed by atoms with Crippen LogP contribution in [0.1, 0.15) is 32.8 Å². The van der Waals surface area contributed by atoms with Gasteiger partial charge in [0.15, 0.2) is 0 Å². The highest BCUT2D eigenvalue weighted by molar-refractivity contribution is 6.33. The molecule has 0 unspecified atom stereocenters. The van der Waals surface area contributed by atoms with E-state index in [4.69, 9.17) is 11.6 Å². The van der Waals surface area contributed by atoms with Crippen molar-refractivity contribution in [1.29, 1.82) is 0 Å². The summed E-state index contributed by atoms with van der Waals surface area (Å²) in [6.07, 6.45) is -3.61. The second-order valence-corrected chi connectivity index (χ2v) is 5.77. The molecule has 1 aromatic carbocycles. The minimum Gasteiger partial charge on any atom is -0.361 e. The molecule has 1 aromatic rings. The molecule has 120 valence electrons. The van der Waals surface area contributed by atoms with E-state index < -0.39 is 12.7 Å². The van der Waals surface area contributed by atoms with E-state index >= 15 is 0 Å². The molecule has 0 amide bonds. The molecule has 0 saturated heterocycles. The molecule has 0 aliphatic rings. The first-order valence-corrected chi connectivity index (χ1v) is 7.44. The fourth-order valence-corrected chi connectivity index (χ4v) is 2.33. The van der Waals surface area contributed by atoms with Gasteiger partial charge >= 0.3 is 6.18 Å². The van der Waals surface area contributed by atoms with Gasteiger partial charge in [0, 0.05) is 19.1 Å². The van der Waals surface area contributed by atoms with E-state index in [0.29, 0.717) is 36.3 Å². The van der Waals surface area contributed by atoms with Crippen molar-refractivity contribution in [1.82, 2.24) is 5.32 Å². The molecule has 0 radical (unpaired) electrons. The third kappa shape index (κ3) is 6.57. The van der Waals surface area contributed by atoms with Gasteiger partial charge in [-0.15, -0.1) is 0 Å². The SMILES string of the molecule is CCCN(CC(F)(F)F)c1ccc(CNC(C)C)cc1Cl. The summed E-state index contributed by atoms with van der Waals surface area (Å²) in [7, 11) is 0. The van der Waals surface area contributed by atoms with Crippen LogP contribution in [0.15, 0.2) is 18.2 Å². The summed E-state index contributed by atoms with van der Waals surface area (Å²) in [6.45, 7) is 5.89. The number of nitrogens with one attached hydrogen (secondary N) is 1. The summed E-state index contributed by atoms with van der Waals surface area (Å²) in [4.78, 5) is 1.28. The Morgan fingerprint density at radius 1 is 1.29 bits per heavy atom. The van der Waals surface area contributed by atoms with Crippen LogP contribution in [0, 0.1) is 0 Å². The summed E-state index contributed by atoms with van der Waals surface area (Å²) >= 11 is 6.17. The van der Waals surface area contributed by atoms with Crippen molar-refractivity contribution in [2.45, 2.75) is 46.0 Å². The Morgan fingerprint density at radius 2 is 1.95 bits per heavy atom. The third-order valence-corrected chi connectivity index (χ3v) is 3.23. The van der Waals surface area contributed by atoms with Gasteiger partial charge in [0.25, 0.3) is 0 Å². The fraction of sp³-hybridized carbons (Fsp3) is 0.600. The Hall–Kier alpha value is -0.940. The Kier molecular flexibility index (Phi) is 6.81. The monoisotopic (exact) mass is 322 g/mol. The van der Waals surface area contributed by atoms with Crippen molar-refractivity contribution in [3.8, 4) is 0 Å². The van der Waals surface area contributed by atoms with Gasteiger partial charge < -0.3 is 10.2 Å². The van der Waals surface area contributed by atoms with Crippen molar-refractivity contribution in [3.05, 3.63) is 28.8 Å². The van der Waals surface area contributed by atoms with Gasteiger partial charge in [-0.2, -0.15) is 13.2 Å². The second kappa shape index (κ2) is 7.90. The number of rotatable bonds is 7. The van der Waals surface area contributed by atoms with Gasteiger partial charge in [0.2, 0.25) is 0 Å². The number of benzene rings is 1. The van der Waals surface area contributed by atoms with Crippen LogP contribution in [0.3, 0.4) is 0 Å². The average molecular weight is 323 g/mol. The topological polar surface area (TPSA) is 15.3 Å². The molecule has 2 nitrogen and oxygen atoms in total. The molecule has 0 aromatic heterocycles. The van der Waals surface area contributed by atoms with Crippen LogP contribution in [0.4, 0.5) is 18.9 Å². The highest BCUT2D eigenvalue weighted by Gasteiger charge is 2.31. The number of halogens is 4. The predicted molar refractivity (Wildman–Crippen MR) is 82.0 cm³/mol. The Balaban J connectivity index is 2.89. The minimum atomic E-state index is -4.24. The van der Waals surface area contributed by atoms with Crippen molar-refractivity contribution < 1.29 is 13.2 Å². The van der Waals surface area contributed by atoms with Crippen molar-refractivity contribution in [2.24, 2.45) is 0 Å². The minimum absolute atomic E-state index is 0.322. The predicted octanol–water partition coefficient (Wildman–Crippen LogP) is 4.62. The molecule has 0 saturated carbocycles. The Bertz CT molecular complexity index is 447. The summed E-state index contributed by atoms with van der Waals surface area (Å²) in [5, 5.41) is 3.61. The van der Waals surface area contributed by atoms with Gasteiger partial charge in [-0.25, -0.2) is 0 Å². The number of hydrogen-bond acceptors (Lipinski definition) is 2. The number of anilines is 1. The summed E-state index contributed by atoms with van der Waals surface area (Å²) < 4.78 is 37.9. The lowest BCUT2D eigenvalue weighted by Gasteiger charge is -2.26. The molecule has 0 spiro atoms. The smallest absolute Gasteiger partial charge is 0.361 e. The quantitative estimate of drug-likeness (QED) is 0.788. The molecule has 1 N–H and O–H groups in total. The molecular formula is C15H22ClF3N2. The maximum atomic E-state index is 12.6. The highest BCUT2D eigenvalue weighted by atomic mass is 35.5. The summed E-state index contributed by atoms with van der Waals surface area (Å²) in [5.74, 6) is 0. The lowest BCUT2D eigenvalue weighted by atomic mass is 10.1. The van der Waals surface area contributed by atoms with Crippen LogP contribution in [0.2, 0.25) is 5.02 Å². The van der Waals surface area contributed by atoms with Gasteiger partial charge in [-0.1, -0.05) is 38.4 Å². The largest absolute Gasteiger partial charge is 0.405 e. The van der Waals surface area contributed by atoms with Crippen molar-refractivity contribution >= 4 is 17.3 Å². The molecule has 0 heterocycles. The van der Waals surface area contributed by atoms with E-state index in [2.05, 4.69) is 5.32 Å². The average Bonchev–Trinajstić information content (AvgIpc) is 2.34. The van der Waals surface area contributed by atoms with Crippen LogP contribution < -0.4 is 10.2 Å². The van der Waals surface area contributed by atoms with Crippen LogP contribution in [0.5, 0.6) is 0 Å².